The van der Waals surface area contributed by atoms with Crippen LogP contribution in [-0.2, 0) is 16.0 Å². The predicted octanol–water partition coefficient (Wildman–Crippen LogP) is 5.91. The molecule has 244 valence electrons. The number of carbonyl (C=O) groups is 2. The molecule has 0 spiro atoms. The normalized spacial score (nSPS) is 18.4. The monoisotopic (exact) mass is 631 g/mol. The number of likely N-dealkylation sites (tertiary alicyclic amines) is 1. The molecule has 3 fully saturated rings. The number of amides is 2. The summed E-state index contributed by atoms with van der Waals surface area (Å²) in [4.78, 5) is 29.8. The van der Waals surface area contributed by atoms with Crippen molar-refractivity contribution in [2.24, 2.45) is 0 Å². The quantitative estimate of drug-likeness (QED) is 0.311. The van der Waals surface area contributed by atoms with Gasteiger partial charge in [-0.3, -0.25) is 4.79 Å². The number of ether oxygens (including phenoxy) is 3. The molecule has 3 aliphatic rings. The van der Waals surface area contributed by atoms with Gasteiger partial charge in [-0.15, -0.1) is 0 Å². The van der Waals surface area contributed by atoms with Gasteiger partial charge < -0.3 is 29.3 Å². The second-order valence-electron chi connectivity index (χ2n) is 12.6. The van der Waals surface area contributed by atoms with Gasteiger partial charge in [0.05, 0.1) is 30.1 Å². The highest BCUT2D eigenvalue weighted by Gasteiger charge is 2.29. The van der Waals surface area contributed by atoms with Gasteiger partial charge in [-0.1, -0.05) is 13.8 Å². The Balaban J connectivity index is 1.18. The maximum Gasteiger partial charge on any atom is 0.410 e. The molecule has 0 unspecified atom stereocenters. The maximum atomic E-state index is 15.6. The van der Waals surface area contributed by atoms with Gasteiger partial charge in [0.25, 0.3) is 5.91 Å². The molecule has 4 heterocycles. The summed E-state index contributed by atoms with van der Waals surface area (Å²) < 4.78 is 32.5. The number of aromatic nitrogens is 2. The van der Waals surface area contributed by atoms with Crippen LogP contribution in [0.15, 0.2) is 48.5 Å². The second kappa shape index (κ2) is 14.6. The molecule has 11 heteroatoms. The molecular weight excluding hydrogens is 589 g/mol. The van der Waals surface area contributed by atoms with Gasteiger partial charge in [0.1, 0.15) is 17.3 Å². The highest BCUT2D eigenvalue weighted by Crippen LogP contribution is 2.32. The Morgan fingerprint density at radius 1 is 1.00 bits per heavy atom. The Labute approximate surface area is 269 Å². The molecule has 3 saturated heterocycles. The van der Waals surface area contributed by atoms with Crippen molar-refractivity contribution < 1.29 is 28.2 Å². The standard InChI is InChI=1S/C35H42FN5O5/c1-23(2)31-8-9-32(39-38-31)24-4-6-28(7-5-24)46-33-21-29(30(36)20-25(33)22-41-14-3-17-45-35(41)43)34(42)37-26-10-15-40(16-11-26)27-12-18-44-19-13-27/h4-9,20-21,23,26-27H,3,10-19,22H2,1-2H3,(H,37,42). The van der Waals surface area contributed by atoms with E-state index in [0.717, 1.165) is 68.9 Å². The number of benzene rings is 2. The first-order valence-electron chi connectivity index (χ1n) is 16.3. The molecule has 1 aromatic heterocycles. The minimum absolute atomic E-state index is 0.0413. The Morgan fingerprint density at radius 2 is 1.76 bits per heavy atom. The Hall–Kier alpha value is -4.09. The summed E-state index contributed by atoms with van der Waals surface area (Å²) in [6.07, 6.45) is 3.91. The van der Waals surface area contributed by atoms with Crippen molar-refractivity contribution >= 4 is 12.0 Å². The minimum Gasteiger partial charge on any atom is -0.457 e. The van der Waals surface area contributed by atoms with Crippen LogP contribution in [0, 0.1) is 5.82 Å². The van der Waals surface area contributed by atoms with Gasteiger partial charge in [0.15, 0.2) is 0 Å². The van der Waals surface area contributed by atoms with Crippen LogP contribution >= 0.6 is 0 Å². The lowest BCUT2D eigenvalue weighted by Gasteiger charge is -2.39. The van der Waals surface area contributed by atoms with Gasteiger partial charge in [0.2, 0.25) is 0 Å². The van der Waals surface area contributed by atoms with E-state index in [4.69, 9.17) is 14.2 Å². The minimum atomic E-state index is -0.663. The van der Waals surface area contributed by atoms with Crippen molar-refractivity contribution in [3.63, 3.8) is 0 Å². The molecule has 6 rings (SSSR count). The molecule has 3 aliphatic heterocycles. The summed E-state index contributed by atoms with van der Waals surface area (Å²) in [6, 6.07) is 14.5. The topological polar surface area (TPSA) is 106 Å². The largest absolute Gasteiger partial charge is 0.457 e. The zero-order valence-corrected chi connectivity index (χ0v) is 26.5. The van der Waals surface area contributed by atoms with Gasteiger partial charge in [0, 0.05) is 56.1 Å². The van der Waals surface area contributed by atoms with Crippen LogP contribution in [0.5, 0.6) is 11.5 Å². The molecule has 0 aliphatic carbocycles. The molecule has 0 atom stereocenters. The summed E-state index contributed by atoms with van der Waals surface area (Å²) in [7, 11) is 0. The average molecular weight is 632 g/mol. The molecule has 3 aromatic rings. The molecule has 1 N–H and O–H groups in total. The van der Waals surface area contributed by atoms with Gasteiger partial charge >= 0.3 is 6.09 Å². The zero-order chi connectivity index (χ0) is 32.0. The van der Waals surface area contributed by atoms with Crippen LogP contribution in [0.2, 0.25) is 0 Å². The number of rotatable bonds is 9. The number of halogens is 1. The third-order valence-electron chi connectivity index (χ3n) is 9.04. The SMILES string of the molecule is CC(C)c1ccc(-c2ccc(Oc3cc(C(=O)NC4CCN(C5CCOCC5)CC4)c(F)cc3CN3CCCOC3=O)cc2)nn1. The van der Waals surface area contributed by atoms with Crippen molar-refractivity contribution in [1.82, 2.24) is 25.3 Å². The fourth-order valence-corrected chi connectivity index (χ4v) is 6.28. The highest BCUT2D eigenvalue weighted by molar-refractivity contribution is 5.95. The predicted molar refractivity (Wildman–Crippen MR) is 170 cm³/mol. The van der Waals surface area contributed by atoms with E-state index in [0.29, 0.717) is 42.7 Å². The van der Waals surface area contributed by atoms with Gasteiger partial charge in [-0.25, -0.2) is 9.18 Å². The van der Waals surface area contributed by atoms with E-state index >= 15 is 4.39 Å². The van der Waals surface area contributed by atoms with Crippen molar-refractivity contribution in [3.8, 4) is 22.8 Å². The highest BCUT2D eigenvalue weighted by atomic mass is 19.1. The van der Waals surface area contributed by atoms with Crippen LogP contribution in [0.4, 0.5) is 9.18 Å². The van der Waals surface area contributed by atoms with E-state index in [1.165, 1.54) is 17.0 Å². The van der Waals surface area contributed by atoms with Crippen molar-refractivity contribution in [1.29, 1.82) is 0 Å². The summed E-state index contributed by atoms with van der Waals surface area (Å²) in [5.74, 6) is -0.0566. The first-order valence-corrected chi connectivity index (χ1v) is 16.3. The summed E-state index contributed by atoms with van der Waals surface area (Å²) in [5.41, 5.74) is 2.87. The van der Waals surface area contributed by atoms with Crippen LogP contribution < -0.4 is 10.1 Å². The lowest BCUT2D eigenvalue weighted by atomic mass is 9.99. The molecule has 2 aromatic carbocycles. The van der Waals surface area contributed by atoms with Crippen molar-refractivity contribution in [2.75, 3.05) is 39.5 Å². The Bertz CT molecular complexity index is 1500. The lowest BCUT2D eigenvalue weighted by Crippen LogP contribution is -2.49. The molecule has 2 amide bonds. The number of piperidine rings is 1. The number of cyclic esters (lactones) is 1. The van der Waals surface area contributed by atoms with E-state index < -0.39 is 17.8 Å². The molecule has 0 bridgehead atoms. The number of carbonyl (C=O) groups excluding carboxylic acids is 2. The Kier molecular flexibility index (Phi) is 10.1. The zero-order valence-electron chi connectivity index (χ0n) is 26.5. The summed E-state index contributed by atoms with van der Waals surface area (Å²) >= 11 is 0. The Morgan fingerprint density at radius 3 is 2.43 bits per heavy atom. The van der Waals surface area contributed by atoms with Crippen LogP contribution in [0.3, 0.4) is 0 Å². The molecule has 0 radical (unpaired) electrons. The third-order valence-corrected chi connectivity index (χ3v) is 9.04. The summed E-state index contributed by atoms with van der Waals surface area (Å²) in [6.45, 7) is 8.45. The van der Waals surface area contributed by atoms with E-state index in [-0.39, 0.29) is 24.1 Å². The number of nitrogens with zero attached hydrogens (tertiary/aromatic N) is 4. The fraction of sp³-hybridized carbons (Fsp3) is 0.486. The summed E-state index contributed by atoms with van der Waals surface area (Å²) in [5, 5.41) is 11.7. The van der Waals surface area contributed by atoms with Crippen LogP contribution in [-0.4, -0.2) is 83.5 Å². The van der Waals surface area contributed by atoms with E-state index in [9.17, 15) is 9.59 Å². The molecule has 0 saturated carbocycles. The van der Waals surface area contributed by atoms with Gasteiger partial charge in [-0.05, 0) is 86.6 Å². The number of hydrogen-bond donors (Lipinski definition) is 1. The van der Waals surface area contributed by atoms with Crippen molar-refractivity contribution in [3.05, 3.63) is 71.2 Å². The van der Waals surface area contributed by atoms with E-state index in [1.807, 2.05) is 24.3 Å². The van der Waals surface area contributed by atoms with Crippen molar-refractivity contribution in [2.45, 2.75) is 70.5 Å². The number of nitrogens with one attached hydrogen (secondary N) is 1. The average Bonchev–Trinajstić information content (AvgIpc) is 3.08. The molecule has 46 heavy (non-hydrogen) atoms. The smallest absolute Gasteiger partial charge is 0.410 e. The molecule has 10 nitrogen and oxygen atoms in total. The van der Waals surface area contributed by atoms with E-state index in [1.54, 1.807) is 12.1 Å². The lowest BCUT2D eigenvalue weighted by molar-refractivity contribution is 0.0238. The van der Waals surface area contributed by atoms with Crippen LogP contribution in [0.25, 0.3) is 11.3 Å². The third kappa shape index (κ3) is 7.64. The fourth-order valence-electron chi connectivity index (χ4n) is 6.28. The molecular formula is C35H42FN5O5. The second-order valence-corrected chi connectivity index (χ2v) is 12.6. The first-order chi connectivity index (χ1) is 22.3. The maximum absolute atomic E-state index is 15.6. The van der Waals surface area contributed by atoms with Gasteiger partial charge in [-0.2, -0.15) is 10.2 Å². The first kappa shape index (κ1) is 31.9. The number of hydrogen-bond acceptors (Lipinski definition) is 8. The van der Waals surface area contributed by atoms with E-state index in [2.05, 4.69) is 34.3 Å². The van der Waals surface area contributed by atoms with Crippen LogP contribution in [0.1, 0.15) is 73.5 Å².